The number of nitrogens with two attached hydrogens (primary N) is 2. The molecule has 1 aliphatic heterocycles. The van der Waals surface area contributed by atoms with E-state index in [-0.39, 0.29) is 0 Å². The number of hydrogen-bond donors (Lipinski definition) is 3. The van der Waals surface area contributed by atoms with Gasteiger partial charge >= 0.3 is 0 Å². The number of nitrogens with one attached hydrogen (secondary N) is 1. The summed E-state index contributed by atoms with van der Waals surface area (Å²) in [6.07, 6.45) is 3.07. The van der Waals surface area contributed by atoms with E-state index in [9.17, 15) is 0 Å². The van der Waals surface area contributed by atoms with Crippen molar-refractivity contribution < 1.29 is 0 Å². The zero-order valence-corrected chi connectivity index (χ0v) is 14.4. The van der Waals surface area contributed by atoms with E-state index in [0.717, 1.165) is 49.4 Å². The smallest absolute Gasteiger partial charge is 0.165 e. The maximum atomic E-state index is 6.14. The van der Waals surface area contributed by atoms with Gasteiger partial charge in [0, 0.05) is 42.3 Å². The molecule has 0 saturated carbocycles. The zero-order valence-electron chi connectivity index (χ0n) is 14.4. The number of nitrogens with zero attached hydrogens (tertiary/aromatic N) is 3. The van der Waals surface area contributed by atoms with E-state index in [1.165, 1.54) is 0 Å². The molecule has 0 radical (unpaired) electrons. The lowest BCUT2D eigenvalue weighted by atomic mass is 10.1. The van der Waals surface area contributed by atoms with Crippen LogP contribution in [-0.2, 0) is 6.42 Å². The van der Waals surface area contributed by atoms with Crippen molar-refractivity contribution in [2.24, 2.45) is 0 Å². The maximum absolute atomic E-state index is 6.14. The standard InChI is InChI=1S/C18H26N6/c1-3-5-12-10-16(24-9-8-13(11-24)21-2)23-18(22-12)17-14(19)6-4-7-15(17)20/h4,6-7,10,13,21H,3,5,8-9,11,19-20H2,1-2H3. The van der Waals surface area contributed by atoms with Gasteiger partial charge in [0.15, 0.2) is 5.82 Å². The van der Waals surface area contributed by atoms with Crippen molar-refractivity contribution in [3.05, 3.63) is 30.0 Å². The summed E-state index contributed by atoms with van der Waals surface area (Å²) >= 11 is 0. The Morgan fingerprint density at radius 1 is 1.25 bits per heavy atom. The minimum Gasteiger partial charge on any atom is -0.398 e. The molecule has 2 aromatic rings. The van der Waals surface area contributed by atoms with E-state index in [1.54, 1.807) is 0 Å². The van der Waals surface area contributed by atoms with Crippen LogP contribution in [0, 0.1) is 0 Å². The van der Waals surface area contributed by atoms with Crippen molar-refractivity contribution in [3.63, 3.8) is 0 Å². The maximum Gasteiger partial charge on any atom is 0.165 e. The highest BCUT2D eigenvalue weighted by Crippen LogP contribution is 2.31. The average Bonchev–Trinajstić information content (AvgIpc) is 3.04. The van der Waals surface area contributed by atoms with Crippen molar-refractivity contribution in [3.8, 4) is 11.4 Å². The third kappa shape index (κ3) is 3.28. The van der Waals surface area contributed by atoms with Gasteiger partial charge in [-0.15, -0.1) is 0 Å². The summed E-state index contributed by atoms with van der Waals surface area (Å²) in [5.74, 6) is 1.59. The molecule has 2 heterocycles. The van der Waals surface area contributed by atoms with Crippen LogP contribution < -0.4 is 21.7 Å². The van der Waals surface area contributed by atoms with Crippen LogP contribution >= 0.6 is 0 Å². The first-order valence-electron chi connectivity index (χ1n) is 8.57. The van der Waals surface area contributed by atoms with Gasteiger partial charge < -0.3 is 21.7 Å². The Bertz CT molecular complexity index is 694. The lowest BCUT2D eigenvalue weighted by Crippen LogP contribution is -2.30. The highest BCUT2D eigenvalue weighted by Gasteiger charge is 2.23. The molecule has 5 N–H and O–H groups in total. The molecule has 6 nitrogen and oxygen atoms in total. The minimum absolute atomic E-state index is 0.505. The van der Waals surface area contributed by atoms with Crippen LogP contribution in [0.2, 0.25) is 0 Å². The van der Waals surface area contributed by atoms with Crippen molar-refractivity contribution >= 4 is 17.2 Å². The van der Waals surface area contributed by atoms with E-state index >= 15 is 0 Å². The predicted octanol–water partition coefficient (Wildman–Crippen LogP) is 2.06. The van der Waals surface area contributed by atoms with E-state index in [2.05, 4.69) is 23.2 Å². The Balaban J connectivity index is 2.03. The molecule has 128 valence electrons. The third-order valence-electron chi connectivity index (χ3n) is 4.54. The SMILES string of the molecule is CCCc1cc(N2CCC(NC)C2)nc(-c2c(N)cccc2N)n1. The first kappa shape index (κ1) is 16.5. The molecule has 1 aromatic heterocycles. The summed E-state index contributed by atoms with van der Waals surface area (Å²) in [7, 11) is 2.01. The Kier molecular flexibility index (Phi) is 4.85. The molecule has 24 heavy (non-hydrogen) atoms. The largest absolute Gasteiger partial charge is 0.398 e. The number of nitrogen functional groups attached to an aromatic ring is 2. The summed E-state index contributed by atoms with van der Waals surface area (Å²) in [4.78, 5) is 11.8. The second-order valence-electron chi connectivity index (χ2n) is 6.32. The Hall–Kier alpha value is -2.34. The summed E-state index contributed by atoms with van der Waals surface area (Å²) in [6.45, 7) is 4.10. The second-order valence-corrected chi connectivity index (χ2v) is 6.32. The highest BCUT2D eigenvalue weighted by atomic mass is 15.2. The topological polar surface area (TPSA) is 93.1 Å². The van der Waals surface area contributed by atoms with Crippen LogP contribution in [0.25, 0.3) is 11.4 Å². The molecule has 1 unspecified atom stereocenters. The average molecular weight is 326 g/mol. The Morgan fingerprint density at radius 3 is 2.62 bits per heavy atom. The zero-order chi connectivity index (χ0) is 17.1. The normalized spacial score (nSPS) is 17.4. The van der Waals surface area contributed by atoms with Gasteiger partial charge in [0.05, 0.1) is 5.56 Å². The molecule has 0 bridgehead atoms. The van der Waals surface area contributed by atoms with Crippen molar-refractivity contribution in [2.75, 3.05) is 36.5 Å². The molecule has 0 amide bonds. The highest BCUT2D eigenvalue weighted by molar-refractivity contribution is 5.83. The molecule has 0 aliphatic carbocycles. The third-order valence-corrected chi connectivity index (χ3v) is 4.54. The summed E-state index contributed by atoms with van der Waals surface area (Å²) in [5.41, 5.74) is 15.3. The molecular formula is C18H26N6. The van der Waals surface area contributed by atoms with E-state index in [1.807, 2.05) is 25.2 Å². The molecule has 3 rings (SSSR count). The first-order chi connectivity index (χ1) is 11.6. The van der Waals surface area contributed by atoms with Gasteiger partial charge in [0.25, 0.3) is 0 Å². The molecule has 1 aliphatic rings. The van der Waals surface area contributed by atoms with Crippen molar-refractivity contribution in [1.82, 2.24) is 15.3 Å². The van der Waals surface area contributed by atoms with Gasteiger partial charge in [-0.3, -0.25) is 0 Å². The number of anilines is 3. The number of rotatable bonds is 5. The lowest BCUT2D eigenvalue weighted by Gasteiger charge is -2.19. The van der Waals surface area contributed by atoms with E-state index in [0.29, 0.717) is 23.2 Å². The van der Waals surface area contributed by atoms with Gasteiger partial charge in [0.2, 0.25) is 0 Å². The van der Waals surface area contributed by atoms with E-state index in [4.69, 9.17) is 21.4 Å². The molecular weight excluding hydrogens is 300 g/mol. The van der Waals surface area contributed by atoms with Crippen LogP contribution in [0.3, 0.4) is 0 Å². The minimum atomic E-state index is 0.505. The van der Waals surface area contributed by atoms with Crippen molar-refractivity contribution in [2.45, 2.75) is 32.2 Å². The van der Waals surface area contributed by atoms with Crippen LogP contribution in [0.1, 0.15) is 25.5 Å². The first-order valence-corrected chi connectivity index (χ1v) is 8.57. The number of aromatic nitrogens is 2. The quantitative estimate of drug-likeness (QED) is 0.728. The molecule has 1 fully saturated rings. The summed E-state index contributed by atoms with van der Waals surface area (Å²) in [6, 6.07) is 8.14. The lowest BCUT2D eigenvalue weighted by molar-refractivity contribution is 0.616. The fourth-order valence-electron chi connectivity index (χ4n) is 3.19. The molecule has 1 saturated heterocycles. The second kappa shape index (κ2) is 7.05. The molecule has 1 aromatic carbocycles. The number of hydrogen-bond acceptors (Lipinski definition) is 6. The van der Waals surface area contributed by atoms with Gasteiger partial charge in [-0.2, -0.15) is 0 Å². The fourth-order valence-corrected chi connectivity index (χ4v) is 3.19. The fraction of sp³-hybridized carbons (Fsp3) is 0.444. The monoisotopic (exact) mass is 326 g/mol. The predicted molar refractivity (Wildman–Crippen MR) is 100.0 cm³/mol. The Labute approximate surface area is 143 Å². The van der Waals surface area contributed by atoms with Crippen LogP contribution in [0.4, 0.5) is 17.2 Å². The van der Waals surface area contributed by atoms with Crippen LogP contribution in [0.5, 0.6) is 0 Å². The summed E-state index contributed by atoms with van der Waals surface area (Å²) < 4.78 is 0. The molecule has 1 atom stereocenters. The number of benzene rings is 1. The van der Waals surface area contributed by atoms with Gasteiger partial charge in [0.1, 0.15) is 5.82 Å². The Morgan fingerprint density at radius 2 is 2.00 bits per heavy atom. The van der Waals surface area contributed by atoms with Gasteiger partial charge in [-0.25, -0.2) is 9.97 Å². The summed E-state index contributed by atoms with van der Waals surface area (Å²) in [5, 5.41) is 3.34. The molecule has 0 spiro atoms. The van der Waals surface area contributed by atoms with Gasteiger partial charge in [-0.05, 0) is 32.0 Å². The molecule has 6 heteroatoms. The number of aryl methyl sites for hydroxylation is 1. The van der Waals surface area contributed by atoms with Crippen LogP contribution in [-0.4, -0.2) is 36.1 Å². The van der Waals surface area contributed by atoms with Gasteiger partial charge in [-0.1, -0.05) is 19.4 Å². The van der Waals surface area contributed by atoms with Crippen LogP contribution in [0.15, 0.2) is 24.3 Å². The van der Waals surface area contributed by atoms with Crippen molar-refractivity contribution in [1.29, 1.82) is 0 Å². The van der Waals surface area contributed by atoms with E-state index < -0.39 is 0 Å². The number of likely N-dealkylation sites (N-methyl/N-ethyl adjacent to an activating group) is 1.